The van der Waals surface area contributed by atoms with E-state index in [-0.39, 0.29) is 11.8 Å². The minimum atomic E-state index is 0.161. The van der Waals surface area contributed by atoms with Crippen LogP contribution < -0.4 is 10.1 Å². The fraction of sp³-hybridized carbons (Fsp3) is 0.250. The van der Waals surface area contributed by atoms with E-state index in [1.165, 1.54) is 11.1 Å². The third-order valence-corrected chi connectivity index (χ3v) is 4.58. The van der Waals surface area contributed by atoms with Gasteiger partial charge in [-0.15, -0.1) is 0 Å². The van der Waals surface area contributed by atoms with Crippen LogP contribution in [0.3, 0.4) is 0 Å². The van der Waals surface area contributed by atoms with Crippen molar-refractivity contribution in [3.05, 3.63) is 53.6 Å². The van der Waals surface area contributed by atoms with Gasteiger partial charge in [0.2, 0.25) is 0 Å². The first-order chi connectivity index (χ1) is 9.78. The molecular weight excluding hydrogens is 270 g/mol. The Morgan fingerprint density at radius 2 is 2.10 bits per heavy atom. The fourth-order valence-electron chi connectivity index (χ4n) is 2.48. The number of rotatable bonds is 3. The number of fused-ring (bicyclic) bond motifs is 1. The number of phenols is 1. The summed E-state index contributed by atoms with van der Waals surface area (Å²) in [4.78, 5) is 0. The summed E-state index contributed by atoms with van der Waals surface area (Å²) in [6.07, 6.45) is 0. The molecule has 1 atom stereocenters. The molecule has 0 spiro atoms. The van der Waals surface area contributed by atoms with Gasteiger partial charge in [-0.05, 0) is 23.3 Å². The van der Waals surface area contributed by atoms with Crippen LogP contribution in [0, 0.1) is 0 Å². The first-order valence-electron chi connectivity index (χ1n) is 6.57. The summed E-state index contributed by atoms with van der Waals surface area (Å²) in [7, 11) is 1.55. The van der Waals surface area contributed by atoms with E-state index < -0.39 is 0 Å². The first-order valence-corrected chi connectivity index (χ1v) is 7.72. The minimum Gasteiger partial charge on any atom is -0.504 e. The molecule has 2 aromatic carbocycles. The van der Waals surface area contributed by atoms with Crippen LogP contribution in [0.5, 0.6) is 11.5 Å². The first kappa shape index (κ1) is 13.2. The topological polar surface area (TPSA) is 41.5 Å². The van der Waals surface area contributed by atoms with Gasteiger partial charge in [0, 0.05) is 23.3 Å². The smallest absolute Gasteiger partial charge is 0.160 e. The van der Waals surface area contributed by atoms with E-state index >= 15 is 0 Å². The summed E-state index contributed by atoms with van der Waals surface area (Å²) in [5.41, 5.74) is 3.64. The standard InChI is InChI=1S/C16H17NO2S/c1-19-16-7-6-12(8-15(16)18)17-14-10-20-9-11-4-2-3-5-13(11)14/h2-8,14,17-18H,9-10H2,1H3. The summed E-state index contributed by atoms with van der Waals surface area (Å²) in [5, 5.41) is 13.3. The minimum absolute atomic E-state index is 0.161. The molecule has 0 saturated carbocycles. The number of phenolic OH excluding ortho intramolecular Hbond substituents is 1. The van der Waals surface area contributed by atoms with Crippen LogP contribution in [-0.4, -0.2) is 18.0 Å². The molecule has 104 valence electrons. The zero-order valence-corrected chi connectivity index (χ0v) is 12.1. The molecule has 3 nitrogen and oxygen atoms in total. The highest BCUT2D eigenvalue weighted by Crippen LogP contribution is 2.35. The van der Waals surface area contributed by atoms with Crippen LogP contribution in [0.25, 0.3) is 0 Å². The van der Waals surface area contributed by atoms with Gasteiger partial charge in [-0.25, -0.2) is 0 Å². The maximum Gasteiger partial charge on any atom is 0.160 e. The predicted molar refractivity (Wildman–Crippen MR) is 83.6 cm³/mol. The molecule has 0 aromatic heterocycles. The molecule has 2 aromatic rings. The van der Waals surface area contributed by atoms with Gasteiger partial charge in [-0.1, -0.05) is 24.3 Å². The van der Waals surface area contributed by atoms with Gasteiger partial charge in [0.05, 0.1) is 13.2 Å². The van der Waals surface area contributed by atoms with E-state index in [1.54, 1.807) is 19.2 Å². The van der Waals surface area contributed by atoms with Gasteiger partial charge in [0.25, 0.3) is 0 Å². The normalized spacial score (nSPS) is 17.4. The molecule has 1 aliphatic rings. The monoisotopic (exact) mass is 287 g/mol. The average Bonchev–Trinajstić information content (AvgIpc) is 2.48. The molecule has 3 rings (SSSR count). The molecule has 0 fully saturated rings. The van der Waals surface area contributed by atoms with Crippen molar-refractivity contribution in [3.63, 3.8) is 0 Å². The van der Waals surface area contributed by atoms with Crippen LogP contribution in [0.1, 0.15) is 17.2 Å². The second kappa shape index (κ2) is 5.67. The molecule has 0 bridgehead atoms. The second-order valence-electron chi connectivity index (χ2n) is 4.80. The van der Waals surface area contributed by atoms with Crippen molar-refractivity contribution in [3.8, 4) is 11.5 Å². The Kier molecular flexibility index (Phi) is 3.74. The largest absolute Gasteiger partial charge is 0.504 e. The predicted octanol–water partition coefficient (Wildman–Crippen LogP) is 3.80. The lowest BCUT2D eigenvalue weighted by Gasteiger charge is -2.27. The van der Waals surface area contributed by atoms with E-state index in [0.29, 0.717) is 5.75 Å². The zero-order chi connectivity index (χ0) is 13.9. The average molecular weight is 287 g/mol. The Morgan fingerprint density at radius 1 is 1.25 bits per heavy atom. The molecule has 0 aliphatic carbocycles. The fourth-order valence-corrected chi connectivity index (χ4v) is 3.58. The Balaban J connectivity index is 1.84. The number of methoxy groups -OCH3 is 1. The van der Waals surface area contributed by atoms with E-state index in [2.05, 4.69) is 29.6 Å². The third-order valence-electron chi connectivity index (χ3n) is 3.49. The van der Waals surface area contributed by atoms with Crippen molar-refractivity contribution in [2.24, 2.45) is 0 Å². The van der Waals surface area contributed by atoms with Crippen molar-refractivity contribution in [1.82, 2.24) is 0 Å². The summed E-state index contributed by atoms with van der Waals surface area (Å²) < 4.78 is 5.06. The zero-order valence-electron chi connectivity index (χ0n) is 11.3. The lowest BCUT2D eigenvalue weighted by molar-refractivity contribution is 0.373. The van der Waals surface area contributed by atoms with Gasteiger partial charge in [0.15, 0.2) is 11.5 Å². The van der Waals surface area contributed by atoms with Gasteiger partial charge in [-0.3, -0.25) is 0 Å². The molecule has 0 amide bonds. The molecule has 0 radical (unpaired) electrons. The summed E-state index contributed by atoms with van der Waals surface area (Å²) >= 11 is 1.93. The number of hydrogen-bond acceptors (Lipinski definition) is 4. The number of aromatic hydroxyl groups is 1. The maximum atomic E-state index is 9.85. The van der Waals surface area contributed by atoms with Gasteiger partial charge in [-0.2, -0.15) is 11.8 Å². The van der Waals surface area contributed by atoms with Crippen LogP contribution in [0.2, 0.25) is 0 Å². The summed E-state index contributed by atoms with van der Waals surface area (Å²) in [6.45, 7) is 0. The SMILES string of the molecule is COc1ccc(NC2CSCc3ccccc32)cc1O. The Bertz CT molecular complexity index is 615. The van der Waals surface area contributed by atoms with E-state index in [4.69, 9.17) is 4.74 Å². The highest BCUT2D eigenvalue weighted by atomic mass is 32.2. The van der Waals surface area contributed by atoms with Gasteiger partial charge >= 0.3 is 0 Å². The van der Waals surface area contributed by atoms with Crippen molar-refractivity contribution in [2.75, 3.05) is 18.2 Å². The van der Waals surface area contributed by atoms with Gasteiger partial charge < -0.3 is 15.2 Å². The molecule has 0 saturated heterocycles. The van der Waals surface area contributed by atoms with Crippen LogP contribution in [0.15, 0.2) is 42.5 Å². The van der Waals surface area contributed by atoms with E-state index in [0.717, 1.165) is 17.2 Å². The van der Waals surface area contributed by atoms with Crippen molar-refractivity contribution in [1.29, 1.82) is 0 Å². The highest BCUT2D eigenvalue weighted by molar-refractivity contribution is 7.98. The number of benzene rings is 2. The lowest BCUT2D eigenvalue weighted by Crippen LogP contribution is -2.18. The third kappa shape index (κ3) is 2.56. The molecule has 1 heterocycles. The number of thioether (sulfide) groups is 1. The molecule has 1 unspecified atom stereocenters. The number of anilines is 1. The van der Waals surface area contributed by atoms with Crippen LogP contribution in [0.4, 0.5) is 5.69 Å². The number of ether oxygens (including phenoxy) is 1. The molecular formula is C16H17NO2S. The van der Waals surface area contributed by atoms with Crippen molar-refractivity contribution >= 4 is 17.4 Å². The summed E-state index contributed by atoms with van der Waals surface area (Å²) in [6, 6.07) is 14.2. The summed E-state index contributed by atoms with van der Waals surface area (Å²) in [5.74, 6) is 2.76. The second-order valence-corrected chi connectivity index (χ2v) is 5.83. The molecule has 20 heavy (non-hydrogen) atoms. The Hall–Kier alpha value is -1.81. The molecule has 4 heteroatoms. The van der Waals surface area contributed by atoms with Crippen LogP contribution in [-0.2, 0) is 5.75 Å². The number of nitrogens with one attached hydrogen (secondary N) is 1. The Morgan fingerprint density at radius 3 is 2.90 bits per heavy atom. The number of hydrogen-bond donors (Lipinski definition) is 2. The highest BCUT2D eigenvalue weighted by Gasteiger charge is 2.20. The molecule has 2 N–H and O–H groups in total. The lowest BCUT2D eigenvalue weighted by atomic mass is 10.0. The van der Waals surface area contributed by atoms with Crippen LogP contribution >= 0.6 is 11.8 Å². The Labute approximate surface area is 123 Å². The quantitative estimate of drug-likeness (QED) is 0.901. The van der Waals surface area contributed by atoms with E-state index in [9.17, 15) is 5.11 Å². The maximum absolute atomic E-state index is 9.85. The van der Waals surface area contributed by atoms with Crippen molar-refractivity contribution < 1.29 is 9.84 Å². The van der Waals surface area contributed by atoms with Crippen molar-refractivity contribution in [2.45, 2.75) is 11.8 Å². The van der Waals surface area contributed by atoms with Gasteiger partial charge in [0.1, 0.15) is 0 Å². The van der Waals surface area contributed by atoms with E-state index in [1.807, 2.05) is 17.8 Å². The molecule has 1 aliphatic heterocycles.